The summed E-state index contributed by atoms with van der Waals surface area (Å²) in [6, 6.07) is -0.678. The van der Waals surface area contributed by atoms with E-state index in [-0.39, 0.29) is 19.2 Å². The number of rotatable bonds is 13. The maximum atomic E-state index is 11.6. The molecule has 0 aliphatic heterocycles. The zero-order chi connectivity index (χ0) is 16.8. The molecule has 0 saturated heterocycles. The molecule has 0 bridgehead atoms. The van der Waals surface area contributed by atoms with Crippen LogP contribution >= 0.6 is 0 Å². The van der Waals surface area contributed by atoms with Crippen molar-refractivity contribution >= 4 is 11.9 Å². The van der Waals surface area contributed by atoms with Gasteiger partial charge in [0.1, 0.15) is 6.04 Å². The Hall–Kier alpha value is -2.10. The third-order valence-electron chi connectivity index (χ3n) is 2.79. The van der Waals surface area contributed by atoms with Gasteiger partial charge in [-0.25, -0.2) is 0 Å². The summed E-state index contributed by atoms with van der Waals surface area (Å²) >= 11 is 0. The topological polar surface area (TPSA) is 167 Å². The molecule has 0 saturated carbocycles. The van der Waals surface area contributed by atoms with Crippen molar-refractivity contribution in [3.05, 3.63) is 10.1 Å². The standard InChI is InChI=1S/C12H25N5O5/c13-10(6-5-7-16-12(14)15)11(18)21-8-3-1-2-4-9-22-17(19)20/h10H,1-9,13H2,(H4,14,15,16). The summed E-state index contributed by atoms with van der Waals surface area (Å²) in [7, 11) is 0. The molecule has 0 spiro atoms. The quantitative estimate of drug-likeness (QED) is 0.0910. The predicted octanol–water partition coefficient (Wildman–Crippen LogP) is -0.111. The van der Waals surface area contributed by atoms with Gasteiger partial charge in [0.25, 0.3) is 5.09 Å². The van der Waals surface area contributed by atoms with Gasteiger partial charge >= 0.3 is 5.97 Å². The lowest BCUT2D eigenvalue weighted by Crippen LogP contribution is -2.35. The van der Waals surface area contributed by atoms with Crippen LogP contribution in [0.25, 0.3) is 0 Å². The van der Waals surface area contributed by atoms with Gasteiger partial charge < -0.3 is 26.4 Å². The van der Waals surface area contributed by atoms with Crippen molar-refractivity contribution in [1.82, 2.24) is 5.32 Å². The van der Waals surface area contributed by atoms with E-state index in [0.29, 0.717) is 32.2 Å². The smallest absolute Gasteiger partial charge is 0.322 e. The molecule has 1 atom stereocenters. The van der Waals surface area contributed by atoms with Gasteiger partial charge in [0.2, 0.25) is 0 Å². The Morgan fingerprint density at radius 2 is 1.86 bits per heavy atom. The highest BCUT2D eigenvalue weighted by molar-refractivity contribution is 5.75. The zero-order valence-corrected chi connectivity index (χ0v) is 12.6. The molecule has 22 heavy (non-hydrogen) atoms. The monoisotopic (exact) mass is 319 g/mol. The van der Waals surface area contributed by atoms with Crippen LogP contribution < -0.4 is 16.8 Å². The second kappa shape index (κ2) is 12.6. The third kappa shape index (κ3) is 12.9. The van der Waals surface area contributed by atoms with Crippen molar-refractivity contribution < 1.29 is 19.5 Å². The Labute approximate surface area is 129 Å². The number of hydrogen-bond acceptors (Lipinski definition) is 7. The molecule has 0 radical (unpaired) electrons. The molecule has 1 unspecified atom stereocenters. The molecular formula is C12H25N5O5. The van der Waals surface area contributed by atoms with Crippen LogP contribution in [0.15, 0.2) is 0 Å². The zero-order valence-electron chi connectivity index (χ0n) is 12.6. The number of hydrogen-bond donors (Lipinski definition) is 4. The molecule has 0 rings (SSSR count). The van der Waals surface area contributed by atoms with E-state index in [2.05, 4.69) is 10.2 Å². The van der Waals surface area contributed by atoms with Gasteiger partial charge in [-0.15, -0.1) is 10.1 Å². The summed E-state index contributed by atoms with van der Waals surface area (Å²) in [6.07, 6.45) is 3.92. The van der Waals surface area contributed by atoms with Gasteiger partial charge in [0, 0.05) is 6.54 Å². The molecule has 0 aromatic carbocycles. The molecule has 0 aromatic rings. The van der Waals surface area contributed by atoms with Gasteiger partial charge in [-0.3, -0.25) is 10.2 Å². The average molecular weight is 319 g/mol. The first-order chi connectivity index (χ1) is 10.4. The normalized spacial score (nSPS) is 11.5. The highest BCUT2D eigenvalue weighted by Gasteiger charge is 2.14. The number of ether oxygens (including phenoxy) is 1. The van der Waals surface area contributed by atoms with E-state index in [1.807, 2.05) is 0 Å². The van der Waals surface area contributed by atoms with Crippen LogP contribution in [-0.4, -0.2) is 42.8 Å². The summed E-state index contributed by atoms with van der Waals surface area (Å²) in [5, 5.41) is 18.7. The lowest BCUT2D eigenvalue weighted by atomic mass is 10.1. The number of nitrogens with one attached hydrogen (secondary N) is 2. The SMILES string of the molecule is N=C(N)NCCCC(N)C(=O)OCCCCCCO[N+](=O)[O-]. The molecule has 0 heterocycles. The summed E-state index contributed by atoms with van der Waals surface area (Å²) in [6.45, 7) is 0.864. The highest BCUT2D eigenvalue weighted by Crippen LogP contribution is 2.02. The van der Waals surface area contributed by atoms with Crippen molar-refractivity contribution in [2.75, 3.05) is 19.8 Å². The Balaban J connectivity index is 3.44. The van der Waals surface area contributed by atoms with Gasteiger partial charge in [0.15, 0.2) is 5.96 Å². The van der Waals surface area contributed by atoms with E-state index >= 15 is 0 Å². The minimum absolute atomic E-state index is 0.0892. The Bertz CT molecular complexity index is 353. The molecule has 0 fully saturated rings. The molecule has 10 heteroatoms. The van der Waals surface area contributed by atoms with Crippen molar-refractivity contribution in [3.63, 3.8) is 0 Å². The maximum Gasteiger partial charge on any atom is 0.322 e. The number of nitrogens with two attached hydrogens (primary N) is 2. The van der Waals surface area contributed by atoms with Crippen LogP contribution in [0.5, 0.6) is 0 Å². The van der Waals surface area contributed by atoms with E-state index in [1.165, 1.54) is 0 Å². The fourth-order valence-electron chi connectivity index (χ4n) is 1.64. The molecule has 128 valence electrons. The van der Waals surface area contributed by atoms with E-state index in [1.54, 1.807) is 0 Å². The number of nitrogens with zero attached hydrogens (tertiary/aromatic N) is 1. The van der Waals surface area contributed by atoms with Crippen molar-refractivity contribution in [3.8, 4) is 0 Å². The predicted molar refractivity (Wildman–Crippen MR) is 79.5 cm³/mol. The molecule has 10 nitrogen and oxygen atoms in total. The van der Waals surface area contributed by atoms with Crippen LogP contribution in [0.3, 0.4) is 0 Å². The molecule has 0 aliphatic rings. The summed E-state index contributed by atoms with van der Waals surface area (Å²) in [5.74, 6) is -0.556. The summed E-state index contributed by atoms with van der Waals surface area (Å²) in [5.41, 5.74) is 10.8. The maximum absolute atomic E-state index is 11.6. The van der Waals surface area contributed by atoms with Gasteiger partial charge in [0.05, 0.1) is 13.2 Å². The Morgan fingerprint density at radius 1 is 1.23 bits per heavy atom. The third-order valence-corrected chi connectivity index (χ3v) is 2.79. The number of carbonyl (C=O) groups excluding carboxylic acids is 1. The van der Waals surface area contributed by atoms with Crippen LogP contribution in [0.1, 0.15) is 38.5 Å². The fraction of sp³-hybridized carbons (Fsp3) is 0.833. The lowest BCUT2D eigenvalue weighted by molar-refractivity contribution is -0.757. The highest BCUT2D eigenvalue weighted by atomic mass is 16.9. The lowest BCUT2D eigenvalue weighted by Gasteiger charge is -2.11. The first-order valence-electron chi connectivity index (χ1n) is 7.21. The number of guanidine groups is 1. The Morgan fingerprint density at radius 3 is 2.45 bits per heavy atom. The summed E-state index contributed by atoms with van der Waals surface area (Å²) < 4.78 is 5.04. The average Bonchev–Trinajstić information content (AvgIpc) is 2.45. The molecular weight excluding hydrogens is 294 g/mol. The first-order valence-corrected chi connectivity index (χ1v) is 7.21. The minimum atomic E-state index is -0.810. The van der Waals surface area contributed by atoms with Crippen LogP contribution in [0.4, 0.5) is 0 Å². The molecule has 0 aromatic heterocycles. The van der Waals surface area contributed by atoms with E-state index in [4.69, 9.17) is 21.6 Å². The van der Waals surface area contributed by atoms with Crippen LogP contribution in [-0.2, 0) is 14.4 Å². The van der Waals surface area contributed by atoms with Crippen LogP contribution in [0, 0.1) is 15.5 Å². The van der Waals surface area contributed by atoms with Crippen molar-refractivity contribution in [2.24, 2.45) is 11.5 Å². The summed E-state index contributed by atoms with van der Waals surface area (Å²) in [4.78, 5) is 25.6. The molecule has 0 aliphatic carbocycles. The van der Waals surface area contributed by atoms with Gasteiger partial charge in [-0.05, 0) is 32.1 Å². The largest absolute Gasteiger partial charge is 0.465 e. The molecule has 0 amide bonds. The van der Waals surface area contributed by atoms with Crippen molar-refractivity contribution in [2.45, 2.75) is 44.6 Å². The van der Waals surface area contributed by atoms with Gasteiger partial charge in [-0.1, -0.05) is 6.42 Å². The number of carbonyl (C=O) groups is 1. The van der Waals surface area contributed by atoms with E-state index in [0.717, 1.165) is 12.8 Å². The molecule has 6 N–H and O–H groups in total. The van der Waals surface area contributed by atoms with E-state index < -0.39 is 17.1 Å². The first kappa shape index (κ1) is 19.9. The van der Waals surface area contributed by atoms with Gasteiger partial charge in [-0.2, -0.15) is 0 Å². The Kier molecular flexibility index (Phi) is 11.4. The second-order valence-corrected chi connectivity index (χ2v) is 4.73. The van der Waals surface area contributed by atoms with Crippen molar-refractivity contribution in [1.29, 1.82) is 5.41 Å². The number of esters is 1. The second-order valence-electron chi connectivity index (χ2n) is 4.73. The number of unbranched alkanes of at least 4 members (excludes halogenated alkanes) is 3. The fourth-order valence-corrected chi connectivity index (χ4v) is 1.64. The van der Waals surface area contributed by atoms with Crippen LogP contribution in [0.2, 0.25) is 0 Å². The minimum Gasteiger partial charge on any atom is -0.465 e. The van der Waals surface area contributed by atoms with E-state index in [9.17, 15) is 14.9 Å².